The van der Waals surface area contributed by atoms with Gasteiger partial charge in [0.1, 0.15) is 23.7 Å². The molecule has 9 heteroatoms. The van der Waals surface area contributed by atoms with Gasteiger partial charge in [-0.2, -0.15) is 0 Å². The lowest BCUT2D eigenvalue weighted by molar-refractivity contribution is -0.211. The number of carbonyl (C=O) groups is 1. The van der Waals surface area contributed by atoms with Crippen molar-refractivity contribution in [2.75, 3.05) is 14.2 Å². The van der Waals surface area contributed by atoms with Gasteiger partial charge in [-0.3, -0.25) is 9.63 Å². The lowest BCUT2D eigenvalue weighted by atomic mass is 10.1. The van der Waals surface area contributed by atoms with Gasteiger partial charge < -0.3 is 18.8 Å². The van der Waals surface area contributed by atoms with Crippen molar-refractivity contribution in [2.24, 2.45) is 0 Å². The molecule has 27 heavy (non-hydrogen) atoms. The first-order chi connectivity index (χ1) is 12.7. The quantitative estimate of drug-likeness (QED) is 0.750. The summed E-state index contributed by atoms with van der Waals surface area (Å²) in [6.45, 7) is 7.44. The van der Waals surface area contributed by atoms with E-state index in [1.807, 2.05) is 44.5 Å². The average Bonchev–Trinajstić information content (AvgIpc) is 3.24. The van der Waals surface area contributed by atoms with Crippen molar-refractivity contribution >= 4 is 16.9 Å². The van der Waals surface area contributed by atoms with Crippen LogP contribution in [0.4, 0.5) is 0 Å². The fourth-order valence-electron chi connectivity index (χ4n) is 3.79. The largest absolute Gasteiger partial charge is 0.341 e. The smallest absolute Gasteiger partial charge is 0.277 e. The van der Waals surface area contributed by atoms with E-state index in [2.05, 4.69) is 9.97 Å². The minimum absolute atomic E-state index is 0.324. The number of aryl methyl sites for hydroxylation is 2. The van der Waals surface area contributed by atoms with Crippen molar-refractivity contribution in [3.05, 3.63) is 23.8 Å². The number of aromatic nitrogens is 3. The van der Waals surface area contributed by atoms with Gasteiger partial charge in [-0.1, -0.05) is 0 Å². The van der Waals surface area contributed by atoms with E-state index in [-0.39, 0.29) is 5.91 Å². The van der Waals surface area contributed by atoms with Crippen molar-refractivity contribution in [2.45, 2.75) is 58.0 Å². The van der Waals surface area contributed by atoms with Crippen LogP contribution in [-0.2, 0) is 23.8 Å². The average molecular weight is 376 g/mol. The van der Waals surface area contributed by atoms with Crippen LogP contribution >= 0.6 is 0 Å². The van der Waals surface area contributed by atoms with Crippen LogP contribution < -0.4 is 0 Å². The van der Waals surface area contributed by atoms with Crippen LogP contribution in [0.2, 0.25) is 0 Å². The Morgan fingerprint density at radius 3 is 2.67 bits per heavy atom. The summed E-state index contributed by atoms with van der Waals surface area (Å²) < 4.78 is 20.1. The number of amides is 1. The van der Waals surface area contributed by atoms with Crippen LogP contribution in [0.3, 0.4) is 0 Å². The number of carbonyl (C=O) groups excluding carboxylic acids is 1. The van der Waals surface area contributed by atoms with E-state index in [1.165, 1.54) is 7.11 Å². The second-order valence-corrected chi connectivity index (χ2v) is 7.35. The molecule has 2 fully saturated rings. The summed E-state index contributed by atoms with van der Waals surface area (Å²) in [5.74, 6) is -0.467. The molecule has 0 saturated carbocycles. The summed E-state index contributed by atoms with van der Waals surface area (Å²) in [6.07, 6.45) is -0.507. The van der Waals surface area contributed by atoms with E-state index in [0.29, 0.717) is 5.82 Å². The summed E-state index contributed by atoms with van der Waals surface area (Å²) >= 11 is 0. The number of fused-ring (bicyclic) bond motifs is 2. The van der Waals surface area contributed by atoms with Crippen LogP contribution in [0.1, 0.15) is 31.6 Å². The molecule has 2 aliphatic heterocycles. The molecule has 0 unspecified atom stereocenters. The molecule has 2 saturated heterocycles. The van der Waals surface area contributed by atoms with Crippen molar-refractivity contribution < 1.29 is 23.8 Å². The van der Waals surface area contributed by atoms with Gasteiger partial charge in [0.05, 0.1) is 12.8 Å². The molecule has 2 aliphatic rings. The fourth-order valence-corrected chi connectivity index (χ4v) is 3.79. The number of rotatable bonds is 3. The number of likely N-dealkylation sites (N-methyl/N-ethyl adjacent to an activating group) is 1. The van der Waals surface area contributed by atoms with Gasteiger partial charge >= 0.3 is 0 Å². The van der Waals surface area contributed by atoms with E-state index in [1.54, 1.807) is 7.05 Å². The zero-order valence-corrected chi connectivity index (χ0v) is 16.3. The van der Waals surface area contributed by atoms with Crippen molar-refractivity contribution in [1.29, 1.82) is 0 Å². The van der Waals surface area contributed by atoms with E-state index < -0.39 is 30.3 Å². The van der Waals surface area contributed by atoms with Crippen molar-refractivity contribution in [3.63, 3.8) is 0 Å². The maximum atomic E-state index is 12.7. The highest BCUT2D eigenvalue weighted by atomic mass is 16.8. The predicted molar refractivity (Wildman–Crippen MR) is 94.5 cm³/mol. The van der Waals surface area contributed by atoms with Gasteiger partial charge in [-0.05, 0) is 33.8 Å². The molecule has 0 spiro atoms. The van der Waals surface area contributed by atoms with E-state index >= 15 is 0 Å². The van der Waals surface area contributed by atoms with Gasteiger partial charge in [0.2, 0.25) is 0 Å². The first kappa shape index (κ1) is 18.3. The molecule has 1 amide bonds. The topological polar surface area (TPSA) is 87.9 Å². The zero-order valence-electron chi connectivity index (χ0n) is 16.3. The Morgan fingerprint density at radius 1 is 1.26 bits per heavy atom. The Labute approximate surface area is 157 Å². The number of hydrogen-bond donors (Lipinski definition) is 0. The van der Waals surface area contributed by atoms with E-state index in [4.69, 9.17) is 19.0 Å². The lowest BCUT2D eigenvalue weighted by Gasteiger charge is -2.26. The van der Waals surface area contributed by atoms with Crippen molar-refractivity contribution in [1.82, 2.24) is 19.6 Å². The molecular formula is C18H24N4O5. The Hall–Kier alpha value is -2.07. The van der Waals surface area contributed by atoms with Gasteiger partial charge in [-0.25, -0.2) is 15.0 Å². The van der Waals surface area contributed by atoms with Gasteiger partial charge in [0.25, 0.3) is 5.91 Å². The van der Waals surface area contributed by atoms with Crippen molar-refractivity contribution in [3.8, 4) is 0 Å². The van der Waals surface area contributed by atoms with Gasteiger partial charge in [0.15, 0.2) is 18.1 Å². The Kier molecular flexibility index (Phi) is 4.22. The minimum atomic E-state index is -0.840. The third-order valence-electron chi connectivity index (χ3n) is 5.01. The third kappa shape index (κ3) is 2.91. The first-order valence-electron chi connectivity index (χ1n) is 8.86. The molecule has 2 aromatic heterocycles. The molecule has 9 nitrogen and oxygen atoms in total. The second-order valence-electron chi connectivity index (χ2n) is 7.35. The molecule has 0 radical (unpaired) electrons. The molecular weight excluding hydrogens is 352 g/mol. The molecule has 0 aliphatic carbocycles. The Morgan fingerprint density at radius 2 is 1.96 bits per heavy atom. The lowest BCUT2D eigenvalue weighted by Crippen LogP contribution is -2.43. The number of hydrogen-bond acceptors (Lipinski definition) is 7. The minimum Gasteiger partial charge on any atom is -0.341 e. The molecule has 0 bridgehead atoms. The van der Waals surface area contributed by atoms with Crippen LogP contribution in [0.15, 0.2) is 12.3 Å². The van der Waals surface area contributed by atoms with Gasteiger partial charge in [0, 0.05) is 18.6 Å². The molecule has 4 atom stereocenters. The summed E-state index contributed by atoms with van der Waals surface area (Å²) in [5, 5.41) is 2.07. The SMILES string of the molecule is CON(C)C(=O)[C@H]1O[C@@H](n2ccc3c(C)nc(C)nc32)[C@@H]2OC(C)(C)O[C@@H]21. The van der Waals surface area contributed by atoms with Crippen LogP contribution in [0, 0.1) is 13.8 Å². The molecule has 146 valence electrons. The highest BCUT2D eigenvalue weighted by Gasteiger charge is 2.58. The second kappa shape index (κ2) is 6.23. The molecule has 2 aromatic rings. The summed E-state index contributed by atoms with van der Waals surface area (Å²) in [5.41, 5.74) is 1.63. The zero-order chi connectivity index (χ0) is 19.5. The number of nitrogens with zero attached hydrogens (tertiary/aromatic N) is 4. The van der Waals surface area contributed by atoms with Crippen LogP contribution in [0.25, 0.3) is 11.0 Å². The third-order valence-corrected chi connectivity index (χ3v) is 5.01. The summed E-state index contributed by atoms with van der Waals surface area (Å²) in [6, 6.07) is 1.94. The van der Waals surface area contributed by atoms with Crippen LogP contribution in [0.5, 0.6) is 0 Å². The molecule has 4 heterocycles. The van der Waals surface area contributed by atoms with Crippen LogP contribution in [-0.4, -0.2) is 63.8 Å². The standard InChI is InChI=1S/C18H24N4O5/c1-9-11-7-8-22(15(11)20-10(2)19-9)17-14-12(26-18(3,4)27-14)13(25-17)16(23)21(5)24-6/h7-8,12-14,17H,1-6H3/t12-,13+,14-,17-/m1/s1. The van der Waals surface area contributed by atoms with E-state index in [0.717, 1.165) is 21.8 Å². The number of hydroxylamine groups is 2. The maximum absolute atomic E-state index is 12.7. The molecule has 0 aromatic carbocycles. The monoisotopic (exact) mass is 376 g/mol. The summed E-state index contributed by atoms with van der Waals surface area (Å²) in [4.78, 5) is 26.7. The van der Waals surface area contributed by atoms with E-state index in [9.17, 15) is 4.79 Å². The fraction of sp³-hybridized carbons (Fsp3) is 0.611. The molecule has 0 N–H and O–H groups in total. The highest BCUT2D eigenvalue weighted by Crippen LogP contribution is 2.44. The Bertz CT molecular complexity index is 895. The predicted octanol–water partition coefficient (Wildman–Crippen LogP) is 1.49. The Balaban J connectivity index is 1.76. The first-order valence-corrected chi connectivity index (χ1v) is 8.86. The summed E-state index contributed by atoms with van der Waals surface area (Å²) in [7, 11) is 2.97. The number of ether oxygens (including phenoxy) is 3. The molecule has 4 rings (SSSR count). The highest BCUT2D eigenvalue weighted by molar-refractivity contribution is 5.81. The maximum Gasteiger partial charge on any atom is 0.277 e. The van der Waals surface area contributed by atoms with Gasteiger partial charge in [-0.15, -0.1) is 0 Å². The normalized spacial score (nSPS) is 29.3.